The normalized spacial score (nSPS) is 23.0. The first kappa shape index (κ1) is 16.1. The van der Waals surface area contributed by atoms with Crippen LogP contribution in [0.2, 0.25) is 0 Å². The Morgan fingerprint density at radius 3 is 2.76 bits per heavy atom. The van der Waals surface area contributed by atoms with Crippen LogP contribution in [0.15, 0.2) is 6.20 Å². The number of hydrogen-bond acceptors (Lipinski definition) is 7. The Bertz CT molecular complexity index is 628. The van der Waals surface area contributed by atoms with Crippen molar-refractivity contribution in [1.29, 1.82) is 0 Å². The zero-order valence-electron chi connectivity index (χ0n) is 11.8. The summed E-state index contributed by atoms with van der Waals surface area (Å²) >= 11 is 1.07. The van der Waals surface area contributed by atoms with Gasteiger partial charge in [0.1, 0.15) is 4.88 Å². The standard InChI is InChI=1S/C11H18N4O4S2/c1-14(2)21(18,19)6-7-4-15(5-8(7)16)10(17)9-3-13-11(12)20-9/h3,7-8,16H,4-6H2,1-2H3,(H2,12,13)/t7-,8+/m0/s1. The van der Waals surface area contributed by atoms with Crippen LogP contribution in [0.4, 0.5) is 5.13 Å². The molecule has 8 nitrogen and oxygen atoms in total. The van der Waals surface area contributed by atoms with Gasteiger partial charge in [-0.1, -0.05) is 11.3 Å². The fraction of sp³-hybridized carbons (Fsp3) is 0.636. The van der Waals surface area contributed by atoms with Crippen LogP contribution in [0, 0.1) is 5.92 Å². The lowest BCUT2D eigenvalue weighted by atomic mass is 10.1. The number of nitrogens with zero attached hydrogens (tertiary/aromatic N) is 3. The summed E-state index contributed by atoms with van der Waals surface area (Å²) in [4.78, 5) is 17.9. The smallest absolute Gasteiger partial charge is 0.265 e. The largest absolute Gasteiger partial charge is 0.391 e. The maximum Gasteiger partial charge on any atom is 0.265 e. The van der Waals surface area contributed by atoms with E-state index in [1.54, 1.807) is 0 Å². The molecule has 1 fully saturated rings. The van der Waals surface area contributed by atoms with Crippen molar-refractivity contribution in [3.8, 4) is 0 Å². The molecule has 1 aromatic heterocycles. The highest BCUT2D eigenvalue weighted by molar-refractivity contribution is 7.89. The van der Waals surface area contributed by atoms with Crippen molar-refractivity contribution in [2.45, 2.75) is 6.10 Å². The molecule has 118 valence electrons. The number of β-amino-alcohol motifs (C(OH)–C–C–N with tert-alkyl or cyclic N) is 1. The Hall–Kier alpha value is -1.23. The number of carbonyl (C=O) groups excluding carboxylic acids is 1. The van der Waals surface area contributed by atoms with Crippen molar-refractivity contribution in [2.24, 2.45) is 5.92 Å². The highest BCUT2D eigenvalue weighted by Gasteiger charge is 2.37. The summed E-state index contributed by atoms with van der Waals surface area (Å²) in [7, 11) is -0.530. The van der Waals surface area contributed by atoms with Crippen LogP contribution in [-0.2, 0) is 10.0 Å². The number of anilines is 1. The molecule has 1 amide bonds. The predicted molar refractivity (Wildman–Crippen MR) is 79.4 cm³/mol. The highest BCUT2D eigenvalue weighted by atomic mass is 32.2. The number of carbonyl (C=O) groups is 1. The molecule has 1 aromatic rings. The second-order valence-electron chi connectivity index (χ2n) is 5.16. The molecule has 2 rings (SSSR count). The number of nitrogen functional groups attached to an aromatic ring is 1. The van der Waals surface area contributed by atoms with Gasteiger partial charge in [0, 0.05) is 33.1 Å². The van der Waals surface area contributed by atoms with Gasteiger partial charge in [-0.3, -0.25) is 4.79 Å². The van der Waals surface area contributed by atoms with Crippen LogP contribution in [0.3, 0.4) is 0 Å². The van der Waals surface area contributed by atoms with Gasteiger partial charge in [0.2, 0.25) is 10.0 Å². The molecule has 0 aromatic carbocycles. The number of aliphatic hydroxyl groups excluding tert-OH is 1. The van der Waals surface area contributed by atoms with E-state index < -0.39 is 22.0 Å². The van der Waals surface area contributed by atoms with Crippen molar-refractivity contribution >= 4 is 32.4 Å². The van der Waals surface area contributed by atoms with E-state index in [4.69, 9.17) is 5.73 Å². The first-order valence-electron chi connectivity index (χ1n) is 6.29. The van der Waals surface area contributed by atoms with E-state index in [1.807, 2.05) is 0 Å². The molecule has 0 bridgehead atoms. The molecule has 1 aliphatic rings. The molecular formula is C11H18N4O4S2. The Morgan fingerprint density at radius 2 is 2.24 bits per heavy atom. The minimum Gasteiger partial charge on any atom is -0.391 e. The van der Waals surface area contributed by atoms with Crippen LogP contribution >= 0.6 is 11.3 Å². The van der Waals surface area contributed by atoms with Gasteiger partial charge < -0.3 is 15.7 Å². The number of hydrogen-bond donors (Lipinski definition) is 2. The van der Waals surface area contributed by atoms with E-state index in [1.165, 1.54) is 25.2 Å². The van der Waals surface area contributed by atoms with Crippen molar-refractivity contribution in [3.63, 3.8) is 0 Å². The number of nitrogens with two attached hydrogens (primary N) is 1. The second-order valence-corrected chi connectivity index (χ2v) is 8.45. The Labute approximate surface area is 127 Å². The van der Waals surface area contributed by atoms with Crippen LogP contribution < -0.4 is 5.73 Å². The summed E-state index contributed by atoms with van der Waals surface area (Å²) in [6.45, 7) is 0.315. The molecule has 0 unspecified atom stereocenters. The number of rotatable bonds is 4. The lowest BCUT2D eigenvalue weighted by molar-refractivity contribution is 0.0769. The Balaban J connectivity index is 2.06. The van der Waals surface area contributed by atoms with Crippen molar-refractivity contribution in [1.82, 2.24) is 14.2 Å². The summed E-state index contributed by atoms with van der Waals surface area (Å²) in [5.41, 5.74) is 5.49. The average molecular weight is 334 g/mol. The fourth-order valence-electron chi connectivity index (χ4n) is 2.15. The van der Waals surface area contributed by atoms with Gasteiger partial charge in [-0.2, -0.15) is 0 Å². The second kappa shape index (κ2) is 5.87. The lowest BCUT2D eigenvalue weighted by Crippen LogP contribution is -2.33. The number of aliphatic hydroxyl groups is 1. The third kappa shape index (κ3) is 3.51. The van der Waals surface area contributed by atoms with Crippen molar-refractivity contribution in [2.75, 3.05) is 38.7 Å². The molecule has 10 heteroatoms. The van der Waals surface area contributed by atoms with Gasteiger partial charge in [-0.25, -0.2) is 17.7 Å². The van der Waals surface area contributed by atoms with Crippen LogP contribution in [0.1, 0.15) is 9.67 Å². The molecule has 3 N–H and O–H groups in total. The first-order chi connectivity index (χ1) is 9.70. The van der Waals surface area contributed by atoms with E-state index in [9.17, 15) is 18.3 Å². The lowest BCUT2D eigenvalue weighted by Gasteiger charge is -2.17. The molecule has 0 saturated carbocycles. The third-order valence-electron chi connectivity index (χ3n) is 3.41. The van der Waals surface area contributed by atoms with E-state index in [0.717, 1.165) is 15.6 Å². The molecule has 0 aliphatic carbocycles. The molecule has 21 heavy (non-hydrogen) atoms. The number of aromatic nitrogens is 1. The number of amides is 1. The quantitative estimate of drug-likeness (QED) is 0.733. The Morgan fingerprint density at radius 1 is 1.57 bits per heavy atom. The molecule has 2 atom stereocenters. The monoisotopic (exact) mass is 334 g/mol. The summed E-state index contributed by atoms with van der Waals surface area (Å²) in [6, 6.07) is 0. The summed E-state index contributed by atoms with van der Waals surface area (Å²) in [6.07, 6.45) is 0.535. The third-order valence-corrected chi connectivity index (χ3v) is 6.19. The fourth-order valence-corrected chi connectivity index (χ4v) is 3.96. The highest BCUT2D eigenvalue weighted by Crippen LogP contribution is 2.24. The van der Waals surface area contributed by atoms with Gasteiger partial charge in [0.15, 0.2) is 5.13 Å². The number of likely N-dealkylation sites (tertiary alicyclic amines) is 1. The van der Waals surface area contributed by atoms with Gasteiger partial charge >= 0.3 is 0 Å². The summed E-state index contributed by atoms with van der Waals surface area (Å²) in [5.74, 6) is -0.963. The molecule has 2 heterocycles. The molecule has 1 aliphatic heterocycles. The molecular weight excluding hydrogens is 316 g/mol. The summed E-state index contributed by atoms with van der Waals surface area (Å²) in [5, 5.41) is 10.3. The van der Waals surface area contributed by atoms with Gasteiger partial charge in [-0.05, 0) is 0 Å². The number of sulfonamides is 1. The zero-order valence-corrected chi connectivity index (χ0v) is 13.4. The van der Waals surface area contributed by atoms with Crippen LogP contribution in [0.25, 0.3) is 0 Å². The molecule has 0 spiro atoms. The minimum absolute atomic E-state index is 0.115. The van der Waals surface area contributed by atoms with E-state index in [2.05, 4.69) is 4.98 Å². The van der Waals surface area contributed by atoms with Gasteiger partial charge in [0.05, 0.1) is 18.1 Å². The minimum atomic E-state index is -3.42. The average Bonchev–Trinajstić information content (AvgIpc) is 2.95. The van der Waals surface area contributed by atoms with Gasteiger partial charge in [0.25, 0.3) is 5.91 Å². The summed E-state index contributed by atoms with van der Waals surface area (Å²) < 4.78 is 24.9. The van der Waals surface area contributed by atoms with E-state index in [0.29, 0.717) is 10.0 Å². The first-order valence-corrected chi connectivity index (χ1v) is 8.72. The van der Waals surface area contributed by atoms with Crippen LogP contribution in [0.5, 0.6) is 0 Å². The topological polar surface area (TPSA) is 117 Å². The molecule has 0 radical (unpaired) electrons. The Kier molecular flexibility index (Phi) is 4.51. The van der Waals surface area contributed by atoms with Gasteiger partial charge in [-0.15, -0.1) is 0 Å². The SMILES string of the molecule is CN(C)S(=O)(=O)C[C@@H]1CN(C(=O)c2cnc(N)s2)C[C@H]1O. The van der Waals surface area contributed by atoms with Crippen molar-refractivity contribution in [3.05, 3.63) is 11.1 Å². The number of thiazole rings is 1. The van der Waals surface area contributed by atoms with Crippen LogP contribution in [-0.4, -0.2) is 72.7 Å². The predicted octanol–water partition coefficient (Wildman–Crippen LogP) is -0.950. The van der Waals surface area contributed by atoms with Crippen molar-refractivity contribution < 1.29 is 18.3 Å². The maximum atomic E-state index is 12.2. The maximum absolute atomic E-state index is 12.2. The van der Waals surface area contributed by atoms with E-state index >= 15 is 0 Å². The zero-order chi connectivity index (χ0) is 15.8. The molecule has 1 saturated heterocycles. The van der Waals surface area contributed by atoms with E-state index in [-0.39, 0.29) is 24.7 Å².